The molecule has 8 nitrogen and oxygen atoms in total. The largest absolute Gasteiger partial charge is 0.465 e. The summed E-state index contributed by atoms with van der Waals surface area (Å²) in [5, 5.41) is 11.2. The van der Waals surface area contributed by atoms with Crippen LogP contribution in [0.3, 0.4) is 0 Å². The number of amides is 3. The molecule has 2 N–H and O–H groups in total. The van der Waals surface area contributed by atoms with Crippen LogP contribution in [0.4, 0.5) is 16.2 Å². The molecule has 144 valence electrons. The van der Waals surface area contributed by atoms with Gasteiger partial charge in [-0.2, -0.15) is 0 Å². The molecule has 1 atom stereocenters. The van der Waals surface area contributed by atoms with Crippen LogP contribution < -0.4 is 15.1 Å². The lowest BCUT2D eigenvalue weighted by Gasteiger charge is -2.27. The third kappa shape index (κ3) is 3.85. The highest BCUT2D eigenvalue weighted by Crippen LogP contribution is 2.26. The van der Waals surface area contributed by atoms with E-state index in [9.17, 15) is 14.4 Å². The Labute approximate surface area is 162 Å². The second kappa shape index (κ2) is 7.91. The Hall–Kier alpha value is -3.68. The third-order valence-electron chi connectivity index (χ3n) is 4.48. The predicted molar refractivity (Wildman–Crippen MR) is 106 cm³/mol. The maximum atomic E-state index is 13.0. The number of hydrogen-bond donors (Lipinski definition) is 2. The van der Waals surface area contributed by atoms with E-state index in [2.05, 4.69) is 10.3 Å². The van der Waals surface area contributed by atoms with Gasteiger partial charge < -0.3 is 10.0 Å². The molecule has 8 heteroatoms. The van der Waals surface area contributed by atoms with Gasteiger partial charge in [0, 0.05) is 24.0 Å². The molecule has 28 heavy (non-hydrogen) atoms. The molecule has 1 heterocycles. The molecule has 2 aromatic rings. The molecule has 2 aromatic carbocycles. The van der Waals surface area contributed by atoms with Crippen molar-refractivity contribution in [3.8, 4) is 0 Å². The average Bonchev–Trinajstić information content (AvgIpc) is 2.78. The maximum Gasteiger partial charge on any atom is 0.406 e. The second-order valence-electron chi connectivity index (χ2n) is 6.30. The van der Waals surface area contributed by atoms with Crippen molar-refractivity contribution >= 4 is 35.0 Å². The zero-order valence-corrected chi connectivity index (χ0v) is 15.5. The Bertz CT molecular complexity index is 942. The van der Waals surface area contributed by atoms with Gasteiger partial charge in [0.1, 0.15) is 6.54 Å². The van der Waals surface area contributed by atoms with E-state index < -0.39 is 18.2 Å². The van der Waals surface area contributed by atoms with Crippen LogP contribution in [0.15, 0.2) is 59.6 Å². The molecular weight excluding hydrogens is 360 g/mol. The van der Waals surface area contributed by atoms with Crippen LogP contribution in [0.1, 0.15) is 12.5 Å². The van der Waals surface area contributed by atoms with E-state index in [-0.39, 0.29) is 12.5 Å². The molecule has 0 saturated carbocycles. The summed E-state index contributed by atoms with van der Waals surface area (Å²) in [6.07, 6.45) is -2.69. The van der Waals surface area contributed by atoms with Crippen LogP contribution in [0.5, 0.6) is 0 Å². The number of anilines is 2. The fourth-order valence-electron chi connectivity index (χ4n) is 3.01. The minimum absolute atomic E-state index is 0.248. The summed E-state index contributed by atoms with van der Waals surface area (Å²) >= 11 is 0. The molecule has 0 aromatic heterocycles. The normalized spacial score (nSPS) is 15.9. The van der Waals surface area contributed by atoms with E-state index in [0.29, 0.717) is 22.6 Å². The SMILES string of the molecule is CC1=NC(NC(=O)O)C(=O)N(CC(=O)N(C)c2ccccc2)c2ccccc21. The minimum Gasteiger partial charge on any atom is -0.465 e. The van der Waals surface area contributed by atoms with Crippen LogP contribution in [0, 0.1) is 0 Å². The van der Waals surface area contributed by atoms with E-state index in [1.807, 2.05) is 18.2 Å². The Balaban J connectivity index is 1.95. The Morgan fingerprint density at radius 2 is 1.79 bits per heavy atom. The summed E-state index contributed by atoms with van der Waals surface area (Å²) in [7, 11) is 1.63. The molecule has 0 radical (unpaired) electrons. The van der Waals surface area contributed by atoms with E-state index in [4.69, 9.17) is 5.11 Å². The zero-order chi connectivity index (χ0) is 20.3. The number of rotatable bonds is 4. The van der Waals surface area contributed by atoms with Crippen molar-refractivity contribution in [2.75, 3.05) is 23.4 Å². The van der Waals surface area contributed by atoms with Crippen LogP contribution in [-0.4, -0.2) is 48.5 Å². The number of aliphatic imine (C=N–C) groups is 1. The van der Waals surface area contributed by atoms with Crippen molar-refractivity contribution < 1.29 is 19.5 Å². The first-order chi connectivity index (χ1) is 13.4. The van der Waals surface area contributed by atoms with Gasteiger partial charge >= 0.3 is 6.09 Å². The minimum atomic E-state index is -1.37. The molecule has 0 bridgehead atoms. The molecule has 0 saturated heterocycles. The van der Waals surface area contributed by atoms with E-state index in [1.54, 1.807) is 50.4 Å². The van der Waals surface area contributed by atoms with Gasteiger partial charge in [-0.25, -0.2) is 4.79 Å². The number of benzene rings is 2. The van der Waals surface area contributed by atoms with E-state index in [0.717, 1.165) is 0 Å². The van der Waals surface area contributed by atoms with Gasteiger partial charge in [-0.15, -0.1) is 0 Å². The second-order valence-corrected chi connectivity index (χ2v) is 6.30. The molecule has 0 fully saturated rings. The third-order valence-corrected chi connectivity index (χ3v) is 4.48. The monoisotopic (exact) mass is 380 g/mol. The van der Waals surface area contributed by atoms with E-state index in [1.165, 1.54) is 9.80 Å². The van der Waals surface area contributed by atoms with Crippen molar-refractivity contribution in [2.45, 2.75) is 13.1 Å². The first-order valence-electron chi connectivity index (χ1n) is 8.64. The van der Waals surface area contributed by atoms with Gasteiger partial charge in [0.2, 0.25) is 12.1 Å². The predicted octanol–water partition coefficient (Wildman–Crippen LogP) is 2.10. The lowest BCUT2D eigenvalue weighted by Crippen LogP contribution is -2.50. The number of carbonyl (C=O) groups excluding carboxylic acids is 2. The summed E-state index contributed by atoms with van der Waals surface area (Å²) in [6, 6.07) is 16.1. The highest BCUT2D eigenvalue weighted by molar-refractivity contribution is 6.14. The van der Waals surface area contributed by atoms with E-state index >= 15 is 0 Å². The quantitative estimate of drug-likeness (QED) is 0.848. The van der Waals surface area contributed by atoms with Crippen molar-refractivity contribution in [1.29, 1.82) is 0 Å². The van der Waals surface area contributed by atoms with Crippen molar-refractivity contribution in [3.63, 3.8) is 0 Å². The molecule has 1 unspecified atom stereocenters. The molecule has 3 amide bonds. The molecule has 0 spiro atoms. The van der Waals surface area contributed by atoms with Crippen molar-refractivity contribution in [3.05, 3.63) is 60.2 Å². The fraction of sp³-hybridized carbons (Fsp3) is 0.200. The molecular formula is C20H20N4O4. The molecule has 0 aliphatic carbocycles. The molecule has 1 aliphatic rings. The number of para-hydroxylation sites is 2. The number of carbonyl (C=O) groups is 3. The maximum absolute atomic E-state index is 13.0. The van der Waals surface area contributed by atoms with Gasteiger partial charge in [-0.3, -0.25) is 24.8 Å². The first kappa shape index (κ1) is 19.1. The molecule has 1 aliphatic heterocycles. The van der Waals surface area contributed by atoms with Gasteiger partial charge in [-0.05, 0) is 25.1 Å². The number of fused-ring (bicyclic) bond motifs is 1. The van der Waals surface area contributed by atoms with Crippen LogP contribution in [-0.2, 0) is 9.59 Å². The van der Waals surface area contributed by atoms with Gasteiger partial charge in [0.05, 0.1) is 5.69 Å². The number of hydrogen-bond acceptors (Lipinski definition) is 4. The fourth-order valence-corrected chi connectivity index (χ4v) is 3.01. The topological polar surface area (TPSA) is 102 Å². The summed E-state index contributed by atoms with van der Waals surface area (Å²) in [5.41, 5.74) is 2.38. The molecule has 3 rings (SSSR count). The summed E-state index contributed by atoms with van der Waals surface area (Å²) in [4.78, 5) is 43.9. The first-order valence-corrected chi connectivity index (χ1v) is 8.64. The van der Waals surface area contributed by atoms with Crippen LogP contribution in [0.2, 0.25) is 0 Å². The standard InChI is InChI=1S/C20H20N4O4/c1-13-15-10-6-7-11-16(15)24(19(26)18(21-13)22-20(27)28)12-17(25)23(2)14-8-4-3-5-9-14/h3-11,18,22H,12H2,1-2H3,(H,27,28). The summed E-state index contributed by atoms with van der Waals surface area (Å²) in [5.74, 6) is -0.926. The van der Waals surface area contributed by atoms with Crippen molar-refractivity contribution in [2.24, 2.45) is 4.99 Å². The number of nitrogens with one attached hydrogen (secondary N) is 1. The smallest absolute Gasteiger partial charge is 0.406 e. The Morgan fingerprint density at radius 3 is 2.46 bits per heavy atom. The lowest BCUT2D eigenvalue weighted by molar-refractivity contribution is -0.123. The van der Waals surface area contributed by atoms with Gasteiger partial charge in [0.25, 0.3) is 5.91 Å². The number of carboxylic acid groups (broad SMARTS) is 1. The van der Waals surface area contributed by atoms with Crippen LogP contribution >= 0.6 is 0 Å². The summed E-state index contributed by atoms with van der Waals surface area (Å²) < 4.78 is 0. The van der Waals surface area contributed by atoms with Crippen molar-refractivity contribution in [1.82, 2.24) is 5.32 Å². The number of likely N-dealkylation sites (N-methyl/N-ethyl adjacent to an activating group) is 1. The Kier molecular flexibility index (Phi) is 5.39. The average molecular weight is 380 g/mol. The summed E-state index contributed by atoms with van der Waals surface area (Å²) in [6.45, 7) is 1.45. The number of nitrogens with zero attached hydrogens (tertiary/aromatic N) is 3. The van der Waals surface area contributed by atoms with Crippen LogP contribution in [0.25, 0.3) is 0 Å². The highest BCUT2D eigenvalue weighted by atomic mass is 16.4. The number of benzodiazepines with no additional fused rings is 1. The zero-order valence-electron chi connectivity index (χ0n) is 15.5. The van der Waals surface area contributed by atoms with Gasteiger partial charge in [0.15, 0.2) is 0 Å². The van der Waals surface area contributed by atoms with Gasteiger partial charge in [-0.1, -0.05) is 36.4 Å². The lowest BCUT2D eigenvalue weighted by atomic mass is 10.1. The Morgan fingerprint density at radius 1 is 1.14 bits per heavy atom. The highest BCUT2D eigenvalue weighted by Gasteiger charge is 2.33.